The molecule has 0 spiro atoms. The van der Waals surface area contributed by atoms with E-state index in [1.165, 1.54) is 44.2 Å². The van der Waals surface area contributed by atoms with Crippen molar-refractivity contribution in [2.75, 3.05) is 5.32 Å². The molecule has 2 saturated heterocycles. The molecule has 1 saturated carbocycles. The summed E-state index contributed by atoms with van der Waals surface area (Å²) in [5, 5.41) is 5.83. The van der Waals surface area contributed by atoms with E-state index in [1.807, 2.05) is 0 Å². The van der Waals surface area contributed by atoms with Gasteiger partial charge in [0.2, 0.25) is 0 Å². The Morgan fingerprint density at radius 3 is 2.48 bits per heavy atom. The molecule has 1 aromatic rings. The van der Waals surface area contributed by atoms with Crippen LogP contribution in [-0.4, -0.2) is 35.1 Å². The van der Waals surface area contributed by atoms with Crippen molar-refractivity contribution < 1.29 is 9.18 Å². The van der Waals surface area contributed by atoms with E-state index < -0.39 is 0 Å². The predicted octanol–water partition coefficient (Wildman–Crippen LogP) is 3.50. The summed E-state index contributed by atoms with van der Waals surface area (Å²) < 4.78 is 13.2. The maximum Gasteiger partial charge on any atom is 0.319 e. The van der Waals surface area contributed by atoms with Gasteiger partial charge in [0.1, 0.15) is 5.82 Å². The molecule has 3 aliphatic rings. The number of fused-ring (bicyclic) bond motifs is 2. The smallest absolute Gasteiger partial charge is 0.319 e. The highest BCUT2D eigenvalue weighted by atomic mass is 19.1. The summed E-state index contributed by atoms with van der Waals surface area (Å²) >= 11 is 0. The number of amides is 2. The molecule has 0 unspecified atom stereocenters. The van der Waals surface area contributed by atoms with Gasteiger partial charge >= 0.3 is 6.03 Å². The van der Waals surface area contributed by atoms with Crippen LogP contribution in [0.3, 0.4) is 0 Å². The van der Waals surface area contributed by atoms with Gasteiger partial charge in [-0.15, -0.1) is 0 Å². The van der Waals surface area contributed by atoms with E-state index in [-0.39, 0.29) is 17.9 Å². The molecule has 3 fully saturated rings. The number of nitrogens with one attached hydrogen (secondary N) is 2. The number of urea groups is 1. The van der Waals surface area contributed by atoms with Crippen molar-refractivity contribution in [2.24, 2.45) is 0 Å². The van der Waals surface area contributed by atoms with Gasteiger partial charge in [0, 0.05) is 29.9 Å². The normalized spacial score (nSPS) is 30.7. The molecule has 2 aliphatic heterocycles. The average molecular weight is 317 g/mol. The molecule has 4 nitrogen and oxygen atoms in total. The quantitative estimate of drug-likeness (QED) is 0.896. The van der Waals surface area contributed by atoms with Crippen LogP contribution in [0.2, 0.25) is 0 Å². The van der Waals surface area contributed by atoms with Gasteiger partial charge in [0.05, 0.1) is 0 Å². The molecule has 0 radical (unpaired) electrons. The van der Waals surface area contributed by atoms with Crippen LogP contribution in [0.1, 0.15) is 44.9 Å². The third kappa shape index (κ3) is 3.34. The maximum atomic E-state index is 13.2. The Morgan fingerprint density at radius 1 is 1.09 bits per heavy atom. The fourth-order valence-electron chi connectivity index (χ4n) is 4.42. The van der Waals surface area contributed by atoms with E-state index >= 15 is 0 Å². The Hall–Kier alpha value is -1.62. The Labute approximate surface area is 136 Å². The molecule has 0 aromatic heterocycles. The second-order valence-corrected chi connectivity index (χ2v) is 7.19. The van der Waals surface area contributed by atoms with Gasteiger partial charge in [-0.2, -0.15) is 0 Å². The summed E-state index contributed by atoms with van der Waals surface area (Å²) in [7, 11) is 0. The number of nitrogens with zero attached hydrogens (tertiary/aromatic N) is 1. The zero-order chi connectivity index (χ0) is 15.8. The van der Waals surface area contributed by atoms with Gasteiger partial charge in [0.25, 0.3) is 0 Å². The fraction of sp³-hybridized carbons (Fsp3) is 0.611. The van der Waals surface area contributed by atoms with Crippen molar-refractivity contribution in [1.29, 1.82) is 0 Å². The van der Waals surface area contributed by atoms with Crippen molar-refractivity contribution >= 4 is 11.7 Å². The summed E-state index contributed by atoms with van der Waals surface area (Å²) in [5.74, 6) is -0.338. The zero-order valence-corrected chi connectivity index (χ0v) is 13.3. The first-order valence-electron chi connectivity index (χ1n) is 8.79. The van der Waals surface area contributed by atoms with Crippen LogP contribution < -0.4 is 10.6 Å². The molecule has 2 atom stereocenters. The van der Waals surface area contributed by atoms with Gasteiger partial charge in [-0.1, -0.05) is 12.5 Å². The van der Waals surface area contributed by atoms with E-state index in [0.29, 0.717) is 17.8 Å². The average Bonchev–Trinajstić information content (AvgIpc) is 3.30. The van der Waals surface area contributed by atoms with Crippen LogP contribution in [0.15, 0.2) is 24.3 Å². The van der Waals surface area contributed by atoms with Crippen LogP contribution >= 0.6 is 0 Å². The van der Waals surface area contributed by atoms with Crippen LogP contribution in [0.5, 0.6) is 0 Å². The second-order valence-electron chi connectivity index (χ2n) is 7.19. The van der Waals surface area contributed by atoms with Crippen LogP contribution in [0.4, 0.5) is 14.9 Å². The molecular formula is C18H24FN3O. The van der Waals surface area contributed by atoms with Gasteiger partial charge in [-0.25, -0.2) is 9.18 Å². The minimum atomic E-state index is -0.338. The van der Waals surface area contributed by atoms with Crippen molar-refractivity contribution in [3.05, 3.63) is 30.1 Å². The Bertz CT molecular complexity index is 575. The van der Waals surface area contributed by atoms with E-state index in [2.05, 4.69) is 15.5 Å². The summed E-state index contributed by atoms with van der Waals surface area (Å²) in [4.78, 5) is 14.9. The monoisotopic (exact) mass is 317 g/mol. The minimum absolute atomic E-state index is 0.224. The topological polar surface area (TPSA) is 44.4 Å². The lowest BCUT2D eigenvalue weighted by molar-refractivity contribution is 0.0198. The van der Waals surface area contributed by atoms with Gasteiger partial charge in [-0.05, 0) is 56.7 Å². The SMILES string of the molecule is O=C(Nc1cccc(F)c1)NC1C[C@@H]2CCC[C@@H](C1)N2C1CC1. The summed E-state index contributed by atoms with van der Waals surface area (Å²) in [5.41, 5.74) is 0.498. The van der Waals surface area contributed by atoms with E-state index in [1.54, 1.807) is 12.1 Å². The highest BCUT2D eigenvalue weighted by Gasteiger charge is 2.45. The van der Waals surface area contributed by atoms with E-state index in [0.717, 1.165) is 18.9 Å². The van der Waals surface area contributed by atoms with Gasteiger partial charge in [-0.3, -0.25) is 4.90 Å². The zero-order valence-electron chi connectivity index (χ0n) is 13.3. The Balaban J connectivity index is 1.35. The van der Waals surface area contributed by atoms with Crippen molar-refractivity contribution in [2.45, 2.75) is 69.1 Å². The molecule has 4 rings (SSSR count). The molecule has 1 aromatic carbocycles. The number of benzene rings is 1. The molecule has 5 heteroatoms. The van der Waals surface area contributed by atoms with Crippen molar-refractivity contribution in [3.8, 4) is 0 Å². The molecule has 1 aliphatic carbocycles. The number of carbonyl (C=O) groups is 1. The predicted molar refractivity (Wildman–Crippen MR) is 87.9 cm³/mol. The summed E-state index contributed by atoms with van der Waals surface area (Å²) in [6, 6.07) is 8.10. The number of halogens is 1. The lowest BCUT2D eigenvalue weighted by atomic mass is 9.81. The molecular weight excluding hydrogens is 293 g/mol. The third-order valence-corrected chi connectivity index (χ3v) is 5.42. The second kappa shape index (κ2) is 6.11. The summed E-state index contributed by atoms with van der Waals surface area (Å²) in [6.45, 7) is 0. The van der Waals surface area contributed by atoms with E-state index in [4.69, 9.17) is 0 Å². The number of piperidine rings is 2. The third-order valence-electron chi connectivity index (χ3n) is 5.42. The lowest BCUT2D eigenvalue weighted by Gasteiger charge is -2.49. The number of hydrogen-bond donors (Lipinski definition) is 2. The minimum Gasteiger partial charge on any atom is -0.335 e. The highest BCUT2D eigenvalue weighted by Crippen LogP contribution is 2.41. The molecule has 124 valence electrons. The number of anilines is 1. The Morgan fingerprint density at radius 2 is 1.83 bits per heavy atom. The van der Waals surface area contributed by atoms with Crippen molar-refractivity contribution in [3.63, 3.8) is 0 Å². The first-order chi connectivity index (χ1) is 11.2. The summed E-state index contributed by atoms with van der Waals surface area (Å²) in [6.07, 6.45) is 8.64. The largest absolute Gasteiger partial charge is 0.335 e. The highest BCUT2D eigenvalue weighted by molar-refractivity contribution is 5.89. The van der Waals surface area contributed by atoms with Crippen molar-refractivity contribution in [1.82, 2.24) is 10.2 Å². The number of carbonyl (C=O) groups excluding carboxylic acids is 1. The maximum absolute atomic E-state index is 13.2. The molecule has 2 amide bonds. The number of hydrogen-bond acceptors (Lipinski definition) is 2. The van der Waals surface area contributed by atoms with E-state index in [9.17, 15) is 9.18 Å². The van der Waals surface area contributed by atoms with Crippen LogP contribution in [0, 0.1) is 5.82 Å². The van der Waals surface area contributed by atoms with Gasteiger partial charge in [0.15, 0.2) is 0 Å². The molecule has 23 heavy (non-hydrogen) atoms. The van der Waals surface area contributed by atoms with Crippen LogP contribution in [0.25, 0.3) is 0 Å². The Kier molecular flexibility index (Phi) is 3.97. The molecule has 2 bridgehead atoms. The molecule has 2 N–H and O–H groups in total. The first-order valence-corrected chi connectivity index (χ1v) is 8.79. The lowest BCUT2D eigenvalue weighted by Crippen LogP contribution is -2.58. The number of rotatable bonds is 3. The molecule has 2 heterocycles. The first kappa shape index (κ1) is 14.9. The fourth-order valence-corrected chi connectivity index (χ4v) is 4.42. The van der Waals surface area contributed by atoms with Gasteiger partial charge < -0.3 is 10.6 Å². The standard InChI is InChI=1S/C18H24FN3O/c19-12-3-1-4-13(9-12)20-18(23)21-14-10-16-5-2-6-17(11-14)22(16)15-7-8-15/h1,3-4,9,14-17H,2,5-8,10-11H2,(H2,20,21,23)/t16-,17-/m0/s1. The van der Waals surface area contributed by atoms with Crippen LogP contribution in [-0.2, 0) is 0 Å².